The number of hydrogen-bond acceptors (Lipinski definition) is 8. The first-order valence-corrected chi connectivity index (χ1v) is 22.0. The van der Waals surface area contributed by atoms with Crippen LogP contribution in [0.5, 0.6) is 0 Å². The van der Waals surface area contributed by atoms with Crippen molar-refractivity contribution in [2.45, 2.75) is 38.5 Å². The summed E-state index contributed by atoms with van der Waals surface area (Å²) in [5.74, 6) is -0.155. The number of thiophene rings is 2. The van der Waals surface area contributed by atoms with E-state index in [9.17, 15) is 9.59 Å². The number of ether oxygens (including phenoxy) is 2. The van der Waals surface area contributed by atoms with Crippen LogP contribution in [0.4, 0.5) is 34.1 Å². The number of cyclic esters (lactones) is 1. The molecule has 2 aromatic heterocycles. The summed E-state index contributed by atoms with van der Waals surface area (Å²) in [6.45, 7) is 9.07. The molecule has 3 aliphatic rings. The van der Waals surface area contributed by atoms with Crippen LogP contribution in [0.2, 0.25) is 0 Å². The Kier molecular flexibility index (Phi) is 8.34. The molecule has 0 amide bonds. The van der Waals surface area contributed by atoms with Gasteiger partial charge in [-0.3, -0.25) is 4.79 Å². The molecular weight excluding hydrogens is 793 g/mol. The second kappa shape index (κ2) is 13.6. The van der Waals surface area contributed by atoms with E-state index in [1.165, 1.54) is 52.0 Å². The Morgan fingerprint density at radius 2 is 1.08 bits per heavy atom. The molecule has 11 rings (SSSR count). The van der Waals surface area contributed by atoms with Gasteiger partial charge in [0.15, 0.2) is 17.8 Å². The standard InChI is InChI=1S/C53H40N2O4S2/c1-52(2)36-20-12-14-22-40(36)54(33-16-8-6-9-17-33)42-28-44-31(24-38(42)52)26-46(60-44)35(30-56)49-50(58-5)48(51(57)59-49)47-27-32-25-39-43(29-45(32)61-47)55(34-18-10-7-11-19-34)41-23-15-13-21-37(41)53(39,3)4/h6-30H,1-5H3/b49-35-. The molecule has 0 spiro atoms. The number of fused-ring (bicyclic) bond motifs is 6. The SMILES string of the molecule is COC1=C(c2cc3cc4c(cc3s2)N(c2ccccc2)c2ccccc2C4(C)C)C(=O)O/C1=C(/C=O)c1cc2cc3c(cc2s1)N(c1ccccc1)c1ccccc1C3(C)C. The number of anilines is 6. The highest BCUT2D eigenvalue weighted by atomic mass is 32.1. The average Bonchev–Trinajstić information content (AvgIpc) is 3.98. The van der Waals surface area contributed by atoms with Crippen molar-refractivity contribution in [3.05, 3.63) is 189 Å². The van der Waals surface area contributed by atoms with Crippen LogP contribution in [-0.2, 0) is 29.9 Å². The van der Waals surface area contributed by atoms with E-state index in [2.05, 4.69) is 159 Å². The first-order valence-electron chi connectivity index (χ1n) is 20.3. The van der Waals surface area contributed by atoms with Gasteiger partial charge in [-0.25, -0.2) is 4.79 Å². The Morgan fingerprint density at radius 1 is 0.590 bits per heavy atom. The molecule has 8 heteroatoms. The van der Waals surface area contributed by atoms with Crippen molar-refractivity contribution in [3.8, 4) is 0 Å². The molecule has 0 radical (unpaired) electrons. The van der Waals surface area contributed by atoms with Crippen molar-refractivity contribution in [1.29, 1.82) is 0 Å². The largest absolute Gasteiger partial charge is 0.492 e. The number of esters is 1. The molecule has 0 unspecified atom stereocenters. The minimum Gasteiger partial charge on any atom is -0.492 e. The highest BCUT2D eigenvalue weighted by molar-refractivity contribution is 7.20. The van der Waals surface area contributed by atoms with Crippen molar-refractivity contribution in [2.75, 3.05) is 16.9 Å². The summed E-state index contributed by atoms with van der Waals surface area (Å²) >= 11 is 3.02. The molecule has 0 saturated carbocycles. The maximum atomic E-state index is 14.0. The van der Waals surface area contributed by atoms with Crippen molar-refractivity contribution in [1.82, 2.24) is 0 Å². The first kappa shape index (κ1) is 37.3. The maximum Gasteiger partial charge on any atom is 0.349 e. The van der Waals surface area contributed by atoms with Gasteiger partial charge in [0.2, 0.25) is 0 Å². The third-order valence-corrected chi connectivity index (χ3v) is 14.9. The molecule has 298 valence electrons. The van der Waals surface area contributed by atoms with Crippen molar-refractivity contribution >= 4 is 100 Å². The average molecular weight is 833 g/mol. The van der Waals surface area contributed by atoms with Crippen LogP contribution in [-0.4, -0.2) is 19.4 Å². The Hall–Kier alpha value is -6.74. The van der Waals surface area contributed by atoms with Crippen molar-refractivity contribution in [2.24, 2.45) is 0 Å². The molecule has 0 N–H and O–H groups in total. The lowest BCUT2D eigenvalue weighted by Gasteiger charge is -2.42. The second-order valence-corrected chi connectivity index (χ2v) is 19.0. The van der Waals surface area contributed by atoms with Crippen LogP contribution in [0.25, 0.3) is 31.3 Å². The van der Waals surface area contributed by atoms with Gasteiger partial charge in [0.25, 0.3) is 0 Å². The predicted octanol–water partition coefficient (Wildman–Crippen LogP) is 13.9. The number of methoxy groups -OCH3 is 1. The normalized spacial score (nSPS) is 16.8. The molecule has 0 bridgehead atoms. The molecule has 61 heavy (non-hydrogen) atoms. The highest BCUT2D eigenvalue weighted by Crippen LogP contribution is 2.56. The lowest BCUT2D eigenvalue weighted by Crippen LogP contribution is -2.30. The number of carbonyl (C=O) groups excluding carboxylic acids is 2. The van der Waals surface area contributed by atoms with Crippen LogP contribution >= 0.6 is 22.7 Å². The molecule has 6 aromatic carbocycles. The molecule has 0 aliphatic carbocycles. The van der Waals surface area contributed by atoms with E-state index in [1.54, 1.807) is 0 Å². The van der Waals surface area contributed by atoms with Gasteiger partial charge in [-0.2, -0.15) is 0 Å². The second-order valence-electron chi connectivity index (χ2n) is 16.8. The highest BCUT2D eigenvalue weighted by Gasteiger charge is 2.41. The van der Waals surface area contributed by atoms with Crippen LogP contribution < -0.4 is 9.80 Å². The summed E-state index contributed by atoms with van der Waals surface area (Å²) < 4.78 is 14.1. The number of aldehydes is 1. The third kappa shape index (κ3) is 5.52. The van der Waals surface area contributed by atoms with Gasteiger partial charge in [0.05, 0.1) is 35.4 Å². The van der Waals surface area contributed by atoms with Gasteiger partial charge in [0, 0.05) is 41.4 Å². The van der Waals surface area contributed by atoms with Gasteiger partial charge < -0.3 is 19.3 Å². The van der Waals surface area contributed by atoms with Gasteiger partial charge in [-0.05, 0) is 106 Å². The van der Waals surface area contributed by atoms with E-state index >= 15 is 0 Å². The Labute approximate surface area is 362 Å². The third-order valence-electron chi connectivity index (χ3n) is 12.7. The van der Waals surface area contributed by atoms with E-state index in [-0.39, 0.29) is 27.9 Å². The molecule has 3 aliphatic heterocycles. The quantitative estimate of drug-likeness (QED) is 0.0945. The van der Waals surface area contributed by atoms with E-state index in [1.807, 2.05) is 24.3 Å². The van der Waals surface area contributed by atoms with Crippen LogP contribution in [0.3, 0.4) is 0 Å². The summed E-state index contributed by atoms with van der Waals surface area (Å²) in [7, 11) is 1.53. The van der Waals surface area contributed by atoms with E-state index < -0.39 is 5.97 Å². The van der Waals surface area contributed by atoms with Crippen LogP contribution in [0.15, 0.2) is 157 Å². The van der Waals surface area contributed by atoms with Gasteiger partial charge in [-0.1, -0.05) is 100 Å². The van der Waals surface area contributed by atoms with Crippen molar-refractivity contribution in [3.63, 3.8) is 0 Å². The van der Waals surface area contributed by atoms with Gasteiger partial charge in [-0.15, -0.1) is 22.7 Å². The summed E-state index contributed by atoms with van der Waals surface area (Å²) in [6, 6.07) is 51.1. The maximum absolute atomic E-state index is 14.0. The lowest BCUT2D eigenvalue weighted by atomic mass is 9.73. The fraction of sp³-hybridized carbons (Fsp3) is 0.132. The molecular formula is C53H40N2O4S2. The number of benzene rings is 6. The van der Waals surface area contributed by atoms with Crippen molar-refractivity contribution < 1.29 is 19.1 Å². The van der Waals surface area contributed by atoms with Crippen LogP contribution in [0.1, 0.15) is 59.7 Å². The number of hydrogen-bond donors (Lipinski definition) is 0. The van der Waals surface area contributed by atoms with E-state index in [0.29, 0.717) is 15.3 Å². The summed E-state index contributed by atoms with van der Waals surface area (Å²) in [4.78, 5) is 33.3. The summed E-state index contributed by atoms with van der Waals surface area (Å²) in [5.41, 5.74) is 11.5. The summed E-state index contributed by atoms with van der Waals surface area (Å²) in [5, 5.41) is 2.03. The number of allylic oxidation sites excluding steroid dienone is 1. The number of carbonyl (C=O) groups is 2. The van der Waals surface area contributed by atoms with Gasteiger partial charge >= 0.3 is 5.97 Å². The number of para-hydroxylation sites is 4. The minimum absolute atomic E-state index is 0.135. The van der Waals surface area contributed by atoms with Crippen LogP contribution in [0, 0.1) is 0 Å². The molecule has 5 heterocycles. The fourth-order valence-corrected chi connectivity index (χ4v) is 11.8. The van der Waals surface area contributed by atoms with Gasteiger partial charge in [0.1, 0.15) is 5.57 Å². The number of rotatable bonds is 6. The fourth-order valence-electron chi connectivity index (χ4n) is 9.64. The lowest BCUT2D eigenvalue weighted by molar-refractivity contribution is -0.131. The smallest absolute Gasteiger partial charge is 0.349 e. The Bertz CT molecular complexity index is 3210. The van der Waals surface area contributed by atoms with E-state index in [0.717, 1.165) is 60.6 Å². The first-order chi connectivity index (χ1) is 29.6. The molecule has 8 aromatic rings. The zero-order valence-electron chi connectivity index (χ0n) is 34.3. The van der Waals surface area contributed by atoms with E-state index in [4.69, 9.17) is 9.47 Å². The predicted molar refractivity (Wildman–Crippen MR) is 250 cm³/mol. The molecule has 0 saturated heterocycles. The zero-order chi connectivity index (χ0) is 41.8. The molecule has 0 fully saturated rings. The topological polar surface area (TPSA) is 59.1 Å². The monoisotopic (exact) mass is 832 g/mol. The Balaban J connectivity index is 1.04. The zero-order valence-corrected chi connectivity index (χ0v) is 35.9. The molecule has 0 atom stereocenters. The summed E-state index contributed by atoms with van der Waals surface area (Å²) in [6.07, 6.45) is 0.780. The molecule has 6 nitrogen and oxygen atoms in total. The number of nitrogens with zero attached hydrogens (tertiary/aromatic N) is 2. The Morgan fingerprint density at radius 3 is 1.61 bits per heavy atom. The minimum atomic E-state index is -0.546.